The first-order valence-corrected chi connectivity index (χ1v) is 5.00. The zero-order valence-corrected chi connectivity index (χ0v) is 7.85. The number of hydrogen-bond acceptors (Lipinski definition) is 2. The van der Waals surface area contributed by atoms with Gasteiger partial charge in [-0.2, -0.15) is 16.4 Å². The average Bonchev–Trinajstić information content (AvgIpc) is 2.75. The van der Waals surface area contributed by atoms with Crippen LogP contribution in [-0.4, -0.2) is 9.78 Å². The number of hydrogen-bond donors (Lipinski definition) is 0. The van der Waals surface area contributed by atoms with Crippen molar-refractivity contribution in [2.45, 2.75) is 6.00 Å². The second-order valence-corrected chi connectivity index (χ2v) is 3.39. The first kappa shape index (κ1) is 7.83. The van der Waals surface area contributed by atoms with E-state index in [4.69, 9.17) is 11.6 Å². The average molecular weight is 199 g/mol. The van der Waals surface area contributed by atoms with Gasteiger partial charge in [0.1, 0.15) is 6.00 Å². The Balaban J connectivity index is 2.35. The van der Waals surface area contributed by atoms with Gasteiger partial charge in [0, 0.05) is 17.1 Å². The van der Waals surface area contributed by atoms with Crippen molar-refractivity contribution in [3.05, 3.63) is 29.1 Å². The minimum absolute atomic E-state index is 0.407. The first-order valence-electron chi connectivity index (χ1n) is 3.52. The normalized spacial score (nSPS) is 10.4. The maximum atomic E-state index is 5.60. The molecule has 12 heavy (non-hydrogen) atoms. The minimum atomic E-state index is 0.407. The molecule has 2 rings (SSSR count). The standard InChI is InChI=1S/C8H7ClN2S/c9-6-11-3-1-8(10-11)7-2-4-12-5-7/h1-5H,6H2. The van der Waals surface area contributed by atoms with Crippen molar-refractivity contribution in [2.75, 3.05) is 0 Å². The Kier molecular flexibility index (Phi) is 2.15. The van der Waals surface area contributed by atoms with Crippen molar-refractivity contribution in [1.29, 1.82) is 0 Å². The lowest BCUT2D eigenvalue weighted by molar-refractivity contribution is 0.747. The third-order valence-electron chi connectivity index (χ3n) is 1.58. The van der Waals surface area contributed by atoms with E-state index in [1.165, 1.54) is 0 Å². The number of halogens is 1. The van der Waals surface area contributed by atoms with Crippen LogP contribution in [-0.2, 0) is 6.00 Å². The Labute approximate surface area is 79.4 Å². The van der Waals surface area contributed by atoms with E-state index in [1.54, 1.807) is 16.0 Å². The molecule has 0 aliphatic carbocycles. The van der Waals surface area contributed by atoms with Crippen molar-refractivity contribution in [1.82, 2.24) is 9.78 Å². The molecule has 0 unspecified atom stereocenters. The summed E-state index contributed by atoms with van der Waals surface area (Å²) in [6.07, 6.45) is 1.88. The van der Waals surface area contributed by atoms with Crippen LogP contribution in [0.15, 0.2) is 29.1 Å². The summed E-state index contributed by atoms with van der Waals surface area (Å²) in [5, 5.41) is 8.37. The van der Waals surface area contributed by atoms with Gasteiger partial charge >= 0.3 is 0 Å². The maximum absolute atomic E-state index is 5.60. The zero-order chi connectivity index (χ0) is 8.39. The third kappa shape index (κ3) is 1.38. The van der Waals surface area contributed by atoms with Crippen LogP contribution < -0.4 is 0 Å². The molecule has 2 heterocycles. The molecule has 0 atom stereocenters. The molecule has 62 valence electrons. The summed E-state index contributed by atoms with van der Waals surface area (Å²) < 4.78 is 1.70. The number of nitrogens with zero attached hydrogens (tertiary/aromatic N) is 2. The monoisotopic (exact) mass is 198 g/mol. The van der Waals surface area contributed by atoms with E-state index in [-0.39, 0.29) is 0 Å². The van der Waals surface area contributed by atoms with Crippen molar-refractivity contribution in [2.24, 2.45) is 0 Å². The molecule has 0 aromatic carbocycles. The molecule has 0 spiro atoms. The van der Waals surface area contributed by atoms with E-state index in [1.807, 2.05) is 23.7 Å². The highest BCUT2D eigenvalue weighted by molar-refractivity contribution is 7.08. The minimum Gasteiger partial charge on any atom is -0.257 e. The first-order chi connectivity index (χ1) is 5.90. The van der Waals surface area contributed by atoms with Gasteiger partial charge in [-0.05, 0) is 17.5 Å². The Morgan fingerprint density at radius 2 is 2.42 bits per heavy atom. The van der Waals surface area contributed by atoms with Gasteiger partial charge in [-0.15, -0.1) is 11.6 Å². The van der Waals surface area contributed by atoms with Crippen molar-refractivity contribution in [3.63, 3.8) is 0 Å². The molecule has 0 bridgehead atoms. The molecule has 0 aliphatic heterocycles. The summed E-state index contributed by atoms with van der Waals surface area (Å²) in [7, 11) is 0. The number of thiophene rings is 1. The number of aromatic nitrogens is 2. The lowest BCUT2D eigenvalue weighted by Crippen LogP contribution is -1.91. The maximum Gasteiger partial charge on any atom is 0.115 e. The molecule has 2 aromatic rings. The van der Waals surface area contributed by atoms with Crippen LogP contribution in [0.4, 0.5) is 0 Å². The van der Waals surface area contributed by atoms with Gasteiger partial charge in [0.05, 0.1) is 5.69 Å². The van der Waals surface area contributed by atoms with Crippen LogP contribution in [0.1, 0.15) is 0 Å². The molecule has 0 fully saturated rings. The predicted molar refractivity (Wildman–Crippen MR) is 51.4 cm³/mol. The molecular formula is C8H7ClN2S. The van der Waals surface area contributed by atoms with E-state index in [9.17, 15) is 0 Å². The fraction of sp³-hybridized carbons (Fsp3) is 0.125. The van der Waals surface area contributed by atoms with Crippen molar-refractivity contribution < 1.29 is 0 Å². The predicted octanol–water partition coefficient (Wildman–Crippen LogP) is 2.81. The molecule has 2 nitrogen and oxygen atoms in total. The van der Waals surface area contributed by atoms with Gasteiger partial charge in [0.2, 0.25) is 0 Å². The zero-order valence-electron chi connectivity index (χ0n) is 6.27. The smallest absolute Gasteiger partial charge is 0.115 e. The molecule has 0 aliphatic rings. The van der Waals surface area contributed by atoms with Gasteiger partial charge in [-0.1, -0.05) is 0 Å². The Morgan fingerprint density at radius 3 is 3.00 bits per heavy atom. The Hall–Kier alpha value is -0.800. The van der Waals surface area contributed by atoms with E-state index in [0.29, 0.717) is 6.00 Å². The van der Waals surface area contributed by atoms with Gasteiger partial charge in [0.15, 0.2) is 0 Å². The molecule has 4 heteroatoms. The summed E-state index contributed by atoms with van der Waals surface area (Å²) in [6.45, 7) is 0. The second kappa shape index (κ2) is 3.29. The quantitative estimate of drug-likeness (QED) is 0.679. The van der Waals surface area contributed by atoms with E-state index < -0.39 is 0 Å². The number of alkyl halides is 1. The molecule has 2 aromatic heterocycles. The Bertz CT molecular complexity index is 353. The summed E-state index contributed by atoms with van der Waals surface area (Å²) in [4.78, 5) is 0. The largest absolute Gasteiger partial charge is 0.257 e. The number of rotatable bonds is 2. The lowest BCUT2D eigenvalue weighted by Gasteiger charge is -1.90. The molecule has 0 amide bonds. The fourth-order valence-corrected chi connectivity index (χ4v) is 1.78. The van der Waals surface area contributed by atoms with Crippen LogP contribution in [0, 0.1) is 0 Å². The molecule has 0 N–H and O–H groups in total. The topological polar surface area (TPSA) is 17.8 Å². The molecule has 0 saturated carbocycles. The SMILES string of the molecule is ClCn1ccc(-c2ccsc2)n1. The van der Waals surface area contributed by atoms with Gasteiger partial charge in [-0.25, -0.2) is 0 Å². The lowest BCUT2D eigenvalue weighted by atomic mass is 10.2. The van der Waals surface area contributed by atoms with Crippen LogP contribution >= 0.6 is 22.9 Å². The highest BCUT2D eigenvalue weighted by atomic mass is 35.5. The van der Waals surface area contributed by atoms with Gasteiger partial charge in [0.25, 0.3) is 0 Å². The summed E-state index contributed by atoms with van der Waals surface area (Å²) in [5.74, 6) is 0. The van der Waals surface area contributed by atoms with E-state index in [0.717, 1.165) is 11.3 Å². The van der Waals surface area contributed by atoms with Crippen molar-refractivity contribution >= 4 is 22.9 Å². The molecule has 0 radical (unpaired) electrons. The summed E-state index contributed by atoms with van der Waals surface area (Å²) >= 11 is 7.27. The van der Waals surface area contributed by atoms with Gasteiger partial charge < -0.3 is 0 Å². The Morgan fingerprint density at radius 1 is 1.50 bits per heavy atom. The third-order valence-corrected chi connectivity index (χ3v) is 2.51. The van der Waals surface area contributed by atoms with Gasteiger partial charge in [-0.3, -0.25) is 4.68 Å². The van der Waals surface area contributed by atoms with Crippen LogP contribution in [0.2, 0.25) is 0 Å². The molecule has 0 saturated heterocycles. The highest BCUT2D eigenvalue weighted by Crippen LogP contribution is 2.19. The van der Waals surface area contributed by atoms with Crippen LogP contribution in [0.25, 0.3) is 11.3 Å². The fourth-order valence-electron chi connectivity index (χ4n) is 0.992. The highest BCUT2D eigenvalue weighted by Gasteiger charge is 2.00. The van der Waals surface area contributed by atoms with Crippen LogP contribution in [0.5, 0.6) is 0 Å². The van der Waals surface area contributed by atoms with E-state index in [2.05, 4.69) is 10.5 Å². The summed E-state index contributed by atoms with van der Waals surface area (Å²) in [6, 6.07) is 4.42. The van der Waals surface area contributed by atoms with Crippen LogP contribution in [0.3, 0.4) is 0 Å². The summed E-state index contributed by atoms with van der Waals surface area (Å²) in [5.41, 5.74) is 2.14. The second-order valence-electron chi connectivity index (χ2n) is 2.37. The molecular weight excluding hydrogens is 192 g/mol. The van der Waals surface area contributed by atoms with Crippen molar-refractivity contribution in [3.8, 4) is 11.3 Å². The van der Waals surface area contributed by atoms with E-state index >= 15 is 0 Å².